The number of aromatic nitrogens is 1. The van der Waals surface area contributed by atoms with Crippen molar-refractivity contribution in [2.45, 2.75) is 26.3 Å². The van der Waals surface area contributed by atoms with Crippen molar-refractivity contribution in [3.05, 3.63) is 83.3 Å². The summed E-state index contributed by atoms with van der Waals surface area (Å²) in [6.45, 7) is 3.86. The summed E-state index contributed by atoms with van der Waals surface area (Å²) in [7, 11) is 0. The van der Waals surface area contributed by atoms with E-state index in [0.29, 0.717) is 17.9 Å². The lowest BCUT2D eigenvalue weighted by Gasteiger charge is -2.18. The van der Waals surface area contributed by atoms with Crippen LogP contribution in [0, 0.1) is 5.92 Å². The van der Waals surface area contributed by atoms with Crippen molar-refractivity contribution in [2.24, 2.45) is 5.92 Å². The van der Waals surface area contributed by atoms with E-state index in [1.807, 2.05) is 68.4 Å². The maximum Gasteiger partial charge on any atom is 0.326 e. The molecule has 144 valence electrons. The largest absolute Gasteiger partial charge is 0.480 e. The zero-order chi connectivity index (χ0) is 20.1. The molecule has 5 heteroatoms. The Labute approximate surface area is 163 Å². The van der Waals surface area contributed by atoms with Crippen molar-refractivity contribution in [3.63, 3.8) is 0 Å². The summed E-state index contributed by atoms with van der Waals surface area (Å²) in [5.74, 6) is 0.140. The molecule has 0 saturated heterocycles. The van der Waals surface area contributed by atoms with Crippen LogP contribution in [0.3, 0.4) is 0 Å². The van der Waals surface area contributed by atoms with E-state index in [2.05, 4.69) is 0 Å². The second-order valence-electron chi connectivity index (χ2n) is 7.06. The normalized spacial score (nSPS) is 12.0. The lowest BCUT2D eigenvalue weighted by atomic mass is 10.0. The van der Waals surface area contributed by atoms with E-state index in [0.717, 1.165) is 11.1 Å². The lowest BCUT2D eigenvalue weighted by Crippen LogP contribution is -2.30. The van der Waals surface area contributed by atoms with E-state index in [1.165, 1.54) is 16.8 Å². The minimum atomic E-state index is -1.01. The summed E-state index contributed by atoms with van der Waals surface area (Å²) >= 11 is 0. The van der Waals surface area contributed by atoms with Gasteiger partial charge in [0, 0.05) is 17.8 Å². The molecule has 5 nitrogen and oxygen atoms in total. The molecule has 0 aliphatic rings. The van der Waals surface area contributed by atoms with Gasteiger partial charge in [-0.2, -0.15) is 0 Å². The summed E-state index contributed by atoms with van der Waals surface area (Å²) in [4.78, 5) is 24.1. The fourth-order valence-corrected chi connectivity index (χ4v) is 3.11. The first kappa shape index (κ1) is 19.4. The smallest absolute Gasteiger partial charge is 0.326 e. The highest BCUT2D eigenvalue weighted by Crippen LogP contribution is 2.32. The number of nitrogens with zero attached hydrogens (tertiary/aromatic N) is 1. The van der Waals surface area contributed by atoms with E-state index < -0.39 is 17.6 Å². The second kappa shape index (κ2) is 8.57. The Hall–Kier alpha value is -3.34. The van der Waals surface area contributed by atoms with Gasteiger partial charge in [0.25, 0.3) is 5.56 Å². The van der Waals surface area contributed by atoms with Crippen LogP contribution in [0.2, 0.25) is 0 Å². The van der Waals surface area contributed by atoms with Crippen molar-refractivity contribution in [1.29, 1.82) is 0 Å². The minimum absolute atomic E-state index is 0.154. The molecule has 0 amide bonds. The van der Waals surface area contributed by atoms with Crippen LogP contribution in [0.4, 0.5) is 0 Å². The number of rotatable bonds is 7. The number of benzene rings is 2. The van der Waals surface area contributed by atoms with Crippen LogP contribution in [0.15, 0.2) is 77.7 Å². The van der Waals surface area contributed by atoms with Crippen molar-refractivity contribution in [3.8, 4) is 22.6 Å². The van der Waals surface area contributed by atoms with Crippen molar-refractivity contribution < 1.29 is 14.6 Å². The Morgan fingerprint density at radius 3 is 2.36 bits per heavy atom. The fourth-order valence-electron chi connectivity index (χ4n) is 3.11. The average molecular weight is 377 g/mol. The molecule has 1 N–H and O–H groups in total. The molecule has 1 unspecified atom stereocenters. The molecule has 0 saturated carbocycles. The molecule has 0 aliphatic carbocycles. The molecule has 1 heterocycles. The van der Waals surface area contributed by atoms with Crippen LogP contribution in [-0.4, -0.2) is 15.6 Å². The topological polar surface area (TPSA) is 68.5 Å². The van der Waals surface area contributed by atoms with Gasteiger partial charge in [-0.05, 0) is 30.0 Å². The van der Waals surface area contributed by atoms with Crippen LogP contribution < -0.4 is 10.3 Å². The van der Waals surface area contributed by atoms with E-state index in [-0.39, 0.29) is 5.92 Å². The number of aliphatic carboxylic acids is 1. The van der Waals surface area contributed by atoms with E-state index in [1.54, 1.807) is 6.07 Å². The maximum absolute atomic E-state index is 12.5. The zero-order valence-electron chi connectivity index (χ0n) is 15.9. The maximum atomic E-state index is 12.5. The highest BCUT2D eigenvalue weighted by atomic mass is 16.5. The average Bonchev–Trinajstić information content (AvgIpc) is 2.67. The van der Waals surface area contributed by atoms with Gasteiger partial charge >= 0.3 is 5.97 Å². The van der Waals surface area contributed by atoms with Crippen LogP contribution in [0.1, 0.15) is 26.3 Å². The first-order valence-electron chi connectivity index (χ1n) is 9.23. The number of carboxylic acids is 1. The molecule has 3 rings (SSSR count). The number of para-hydroxylation sites is 1. The van der Waals surface area contributed by atoms with Crippen LogP contribution >= 0.6 is 0 Å². The standard InChI is InChI=1S/C23H23NO4/c1-16(2)14-20(23(26)27)24-13-12-18(15-22(24)25)28-21-11-7-6-10-19(21)17-8-4-3-5-9-17/h3-13,15-16,20H,14H2,1-2H3,(H,26,27). The Bertz CT molecular complexity index is 1010. The number of hydrogen-bond donors (Lipinski definition) is 1. The van der Waals surface area contributed by atoms with E-state index in [9.17, 15) is 14.7 Å². The zero-order valence-corrected chi connectivity index (χ0v) is 15.9. The van der Waals surface area contributed by atoms with Gasteiger partial charge in [0.15, 0.2) is 0 Å². The first-order chi connectivity index (χ1) is 13.5. The molecule has 0 fully saturated rings. The number of ether oxygens (including phenoxy) is 1. The second-order valence-corrected chi connectivity index (χ2v) is 7.06. The molecule has 2 aromatic carbocycles. The summed E-state index contributed by atoms with van der Waals surface area (Å²) in [5.41, 5.74) is 1.52. The Balaban J connectivity index is 1.90. The van der Waals surface area contributed by atoms with Gasteiger partial charge in [-0.15, -0.1) is 0 Å². The van der Waals surface area contributed by atoms with Gasteiger partial charge in [-0.1, -0.05) is 62.4 Å². The number of carbonyl (C=O) groups is 1. The molecule has 0 aliphatic heterocycles. The fraction of sp³-hybridized carbons (Fsp3) is 0.217. The van der Waals surface area contributed by atoms with Gasteiger partial charge in [-0.3, -0.25) is 4.79 Å². The SMILES string of the molecule is CC(C)CC(C(=O)O)n1ccc(Oc2ccccc2-c2ccccc2)cc1=O. The lowest BCUT2D eigenvalue weighted by molar-refractivity contribution is -0.141. The molecule has 1 aromatic heterocycles. The van der Waals surface area contributed by atoms with Crippen LogP contribution in [-0.2, 0) is 4.79 Å². The summed E-state index contributed by atoms with van der Waals surface area (Å²) in [5, 5.41) is 9.48. The third kappa shape index (κ3) is 4.49. The summed E-state index contributed by atoms with van der Waals surface area (Å²) < 4.78 is 7.21. The molecule has 0 bridgehead atoms. The van der Waals surface area contributed by atoms with Crippen LogP contribution in [0.5, 0.6) is 11.5 Å². The number of carboxylic acid groups (broad SMARTS) is 1. The molecule has 28 heavy (non-hydrogen) atoms. The van der Waals surface area contributed by atoms with Gasteiger partial charge in [-0.25, -0.2) is 4.79 Å². The van der Waals surface area contributed by atoms with Crippen molar-refractivity contribution >= 4 is 5.97 Å². The number of hydrogen-bond acceptors (Lipinski definition) is 3. The monoisotopic (exact) mass is 377 g/mol. The molecule has 3 aromatic rings. The molecular weight excluding hydrogens is 354 g/mol. The number of pyridine rings is 1. The van der Waals surface area contributed by atoms with Gasteiger partial charge in [0.05, 0.1) is 0 Å². The molecular formula is C23H23NO4. The third-order valence-corrected chi connectivity index (χ3v) is 4.43. The third-order valence-electron chi connectivity index (χ3n) is 4.43. The highest BCUT2D eigenvalue weighted by Gasteiger charge is 2.22. The quantitative estimate of drug-likeness (QED) is 0.630. The van der Waals surface area contributed by atoms with Crippen LogP contribution in [0.25, 0.3) is 11.1 Å². The predicted molar refractivity (Wildman–Crippen MR) is 109 cm³/mol. The molecule has 0 spiro atoms. The van der Waals surface area contributed by atoms with Gasteiger partial charge in [0.2, 0.25) is 0 Å². The predicted octanol–water partition coefficient (Wildman–Crippen LogP) is 4.98. The van der Waals surface area contributed by atoms with Crippen molar-refractivity contribution in [2.75, 3.05) is 0 Å². The van der Waals surface area contributed by atoms with Crippen molar-refractivity contribution in [1.82, 2.24) is 4.57 Å². The summed E-state index contributed by atoms with van der Waals surface area (Å²) in [6, 6.07) is 19.5. The Morgan fingerprint density at radius 1 is 1.04 bits per heavy atom. The van der Waals surface area contributed by atoms with E-state index in [4.69, 9.17) is 4.74 Å². The summed E-state index contributed by atoms with van der Waals surface area (Å²) in [6.07, 6.45) is 1.87. The minimum Gasteiger partial charge on any atom is -0.480 e. The Morgan fingerprint density at radius 2 is 1.71 bits per heavy atom. The van der Waals surface area contributed by atoms with Gasteiger partial charge in [0.1, 0.15) is 17.5 Å². The molecule has 0 radical (unpaired) electrons. The molecule has 1 atom stereocenters. The highest BCUT2D eigenvalue weighted by molar-refractivity contribution is 5.72. The Kier molecular flexibility index (Phi) is 5.94. The van der Waals surface area contributed by atoms with E-state index >= 15 is 0 Å². The van der Waals surface area contributed by atoms with Gasteiger partial charge < -0.3 is 14.4 Å². The first-order valence-corrected chi connectivity index (χ1v) is 9.23.